The average molecular weight is 355 g/mol. The second kappa shape index (κ2) is 9.23. The molecule has 0 bridgehead atoms. The van der Waals surface area contributed by atoms with Crippen LogP contribution in [-0.2, 0) is 11.2 Å². The third-order valence-electron chi connectivity index (χ3n) is 5.50. The lowest BCUT2D eigenvalue weighted by molar-refractivity contribution is 0.181. The highest BCUT2D eigenvalue weighted by Gasteiger charge is 2.28. The van der Waals surface area contributed by atoms with Crippen LogP contribution in [0.15, 0.2) is 42.5 Å². The second-order valence-corrected chi connectivity index (χ2v) is 7.59. The number of benzene rings is 1. The highest BCUT2D eigenvalue weighted by Crippen LogP contribution is 2.42. The molecule has 1 unspecified atom stereocenters. The molecule has 2 nitrogen and oxygen atoms in total. The van der Waals surface area contributed by atoms with Gasteiger partial charge in [-0.25, -0.2) is 0 Å². The molecular weight excluding hydrogens is 320 g/mol. The van der Waals surface area contributed by atoms with Gasteiger partial charge in [-0.3, -0.25) is 0 Å². The van der Waals surface area contributed by atoms with Crippen molar-refractivity contribution in [1.29, 1.82) is 0 Å². The van der Waals surface area contributed by atoms with Crippen molar-refractivity contribution in [1.82, 2.24) is 0 Å². The number of hydrogen-bond acceptors (Lipinski definition) is 2. The van der Waals surface area contributed by atoms with Crippen molar-refractivity contribution in [2.75, 3.05) is 13.2 Å². The van der Waals surface area contributed by atoms with Gasteiger partial charge in [0.05, 0.1) is 6.61 Å². The molecule has 1 aromatic rings. The number of aliphatic hydroxyl groups excluding tert-OH is 1. The van der Waals surface area contributed by atoms with Crippen LogP contribution in [0, 0.1) is 12.8 Å². The molecule has 1 aliphatic carbocycles. The topological polar surface area (TPSA) is 29.5 Å². The van der Waals surface area contributed by atoms with Crippen molar-refractivity contribution in [3.63, 3.8) is 0 Å². The van der Waals surface area contributed by atoms with Crippen LogP contribution in [0.2, 0.25) is 0 Å². The molecule has 0 saturated carbocycles. The van der Waals surface area contributed by atoms with Gasteiger partial charge in [0.2, 0.25) is 0 Å². The molecule has 1 aliphatic rings. The fourth-order valence-electron chi connectivity index (χ4n) is 4.18. The maximum Gasteiger partial charge on any atom is 0.120 e. The van der Waals surface area contributed by atoms with Gasteiger partial charge in [-0.2, -0.15) is 0 Å². The molecule has 0 saturated heterocycles. The molecule has 0 fully saturated rings. The molecule has 0 radical (unpaired) electrons. The van der Waals surface area contributed by atoms with E-state index in [1.807, 2.05) is 0 Å². The van der Waals surface area contributed by atoms with Crippen molar-refractivity contribution in [2.24, 2.45) is 5.92 Å². The van der Waals surface area contributed by atoms with E-state index in [1.54, 1.807) is 0 Å². The Morgan fingerprint density at radius 3 is 2.62 bits per heavy atom. The molecular formula is C24H34O2. The summed E-state index contributed by atoms with van der Waals surface area (Å²) in [5.41, 5.74) is 7.71. The molecule has 0 aromatic heterocycles. The average Bonchev–Trinajstić information content (AvgIpc) is 2.60. The van der Waals surface area contributed by atoms with Gasteiger partial charge in [0.25, 0.3) is 0 Å². The van der Waals surface area contributed by atoms with E-state index in [9.17, 15) is 0 Å². The number of hydrogen-bond donors (Lipinski definition) is 1. The summed E-state index contributed by atoms with van der Waals surface area (Å²) in [4.78, 5) is 0. The summed E-state index contributed by atoms with van der Waals surface area (Å²) in [7, 11) is 0. The van der Waals surface area contributed by atoms with Crippen molar-refractivity contribution < 1.29 is 9.84 Å². The van der Waals surface area contributed by atoms with E-state index >= 15 is 0 Å². The Hall–Kier alpha value is -1.80. The Labute approximate surface area is 159 Å². The molecule has 0 aliphatic heterocycles. The smallest absolute Gasteiger partial charge is 0.120 e. The largest absolute Gasteiger partial charge is 0.491 e. The molecule has 2 rings (SSSR count). The van der Waals surface area contributed by atoms with E-state index in [1.165, 1.54) is 27.8 Å². The van der Waals surface area contributed by atoms with E-state index < -0.39 is 0 Å². The predicted molar refractivity (Wildman–Crippen MR) is 111 cm³/mol. The number of aliphatic hydroxyl groups is 1. The lowest BCUT2D eigenvalue weighted by atomic mass is 9.72. The Bertz CT molecular complexity index is 696. The van der Waals surface area contributed by atoms with Crippen LogP contribution in [0.1, 0.15) is 68.2 Å². The van der Waals surface area contributed by atoms with Crippen LogP contribution >= 0.6 is 0 Å². The second-order valence-electron chi connectivity index (χ2n) is 7.59. The van der Waals surface area contributed by atoms with E-state index in [0.29, 0.717) is 17.6 Å². The number of allylic oxidation sites excluding steroid dienone is 3. The van der Waals surface area contributed by atoms with Crippen molar-refractivity contribution in [2.45, 2.75) is 59.3 Å². The molecule has 1 aromatic carbocycles. The van der Waals surface area contributed by atoms with Crippen molar-refractivity contribution in [3.05, 3.63) is 64.8 Å². The summed E-state index contributed by atoms with van der Waals surface area (Å²) in [5.74, 6) is 1.51. The molecule has 26 heavy (non-hydrogen) atoms. The first-order chi connectivity index (χ1) is 12.4. The summed E-state index contributed by atoms with van der Waals surface area (Å²) in [6.07, 6.45) is 6.82. The van der Waals surface area contributed by atoms with Crippen LogP contribution in [0.3, 0.4) is 0 Å². The Morgan fingerprint density at radius 2 is 2.00 bits per heavy atom. The van der Waals surface area contributed by atoms with Crippen LogP contribution < -0.4 is 0 Å². The molecule has 1 N–H and O–H groups in total. The Kier molecular flexibility index (Phi) is 7.28. The van der Waals surface area contributed by atoms with E-state index in [4.69, 9.17) is 9.84 Å². The first-order valence-corrected chi connectivity index (χ1v) is 9.78. The van der Waals surface area contributed by atoms with Gasteiger partial charge in [0, 0.05) is 11.5 Å². The normalized spacial score (nSPS) is 19.8. The third-order valence-corrected chi connectivity index (χ3v) is 5.50. The van der Waals surface area contributed by atoms with Gasteiger partial charge in [-0.1, -0.05) is 55.9 Å². The van der Waals surface area contributed by atoms with Gasteiger partial charge >= 0.3 is 0 Å². The Morgan fingerprint density at radius 1 is 1.27 bits per heavy atom. The standard InChI is InChI=1S/C24H34O2/c1-7-8-20-10-12-22(18(5)24(20)19(6)26-14-13-25)23-15-17(4)9-11-21(23)16(2)3/h10,12,15,21,23,25H,2,6-9,11,13-14H2,1,3-5H3/t21?,23-/m1/s1. The SMILES string of the molecule is C=C(OCCO)c1c(CCC)ccc([C@@H]2C=C(C)CCC2C(=C)C)c1C. The van der Waals surface area contributed by atoms with Gasteiger partial charge < -0.3 is 9.84 Å². The Balaban J connectivity index is 2.53. The molecule has 2 heteroatoms. The van der Waals surface area contributed by atoms with E-state index in [2.05, 4.69) is 59.1 Å². The first-order valence-electron chi connectivity index (χ1n) is 9.78. The third kappa shape index (κ3) is 4.48. The fourth-order valence-corrected chi connectivity index (χ4v) is 4.18. The van der Waals surface area contributed by atoms with Gasteiger partial charge in [0.15, 0.2) is 0 Å². The molecule has 142 valence electrons. The zero-order valence-corrected chi connectivity index (χ0v) is 16.9. The van der Waals surface area contributed by atoms with Crippen molar-refractivity contribution in [3.8, 4) is 0 Å². The summed E-state index contributed by atoms with van der Waals surface area (Å²) in [6.45, 7) is 17.4. The van der Waals surface area contributed by atoms with Gasteiger partial charge in [-0.05, 0) is 62.6 Å². The lowest BCUT2D eigenvalue weighted by Gasteiger charge is -2.32. The predicted octanol–water partition coefficient (Wildman–Crippen LogP) is 5.94. The van der Waals surface area contributed by atoms with E-state index in [-0.39, 0.29) is 13.2 Å². The van der Waals surface area contributed by atoms with Crippen molar-refractivity contribution >= 4 is 5.76 Å². The van der Waals surface area contributed by atoms with Gasteiger partial charge in [-0.15, -0.1) is 0 Å². The lowest BCUT2D eigenvalue weighted by Crippen LogP contribution is -2.18. The minimum atomic E-state index is 0.00313. The molecule has 0 heterocycles. The number of aryl methyl sites for hydroxylation is 1. The quantitative estimate of drug-likeness (QED) is 0.462. The highest BCUT2D eigenvalue weighted by molar-refractivity contribution is 5.66. The zero-order chi connectivity index (χ0) is 19.3. The van der Waals surface area contributed by atoms with Gasteiger partial charge in [0.1, 0.15) is 12.4 Å². The zero-order valence-electron chi connectivity index (χ0n) is 16.9. The van der Waals surface area contributed by atoms with Crippen LogP contribution in [0.4, 0.5) is 0 Å². The summed E-state index contributed by atoms with van der Waals surface area (Å²) < 4.78 is 5.71. The molecule has 0 spiro atoms. The maximum absolute atomic E-state index is 9.10. The number of ether oxygens (including phenoxy) is 1. The first kappa shape index (κ1) is 20.5. The van der Waals surface area contributed by atoms with Crippen LogP contribution in [-0.4, -0.2) is 18.3 Å². The summed E-state index contributed by atoms with van der Waals surface area (Å²) in [5, 5.41) is 9.10. The monoisotopic (exact) mass is 354 g/mol. The van der Waals surface area contributed by atoms with E-state index in [0.717, 1.165) is 31.2 Å². The molecule has 2 atom stereocenters. The number of rotatable bonds is 8. The highest BCUT2D eigenvalue weighted by atomic mass is 16.5. The minimum Gasteiger partial charge on any atom is -0.491 e. The fraction of sp³-hybridized carbons (Fsp3) is 0.500. The minimum absolute atomic E-state index is 0.00313. The molecule has 0 amide bonds. The maximum atomic E-state index is 9.10. The van der Waals surface area contributed by atoms with Crippen LogP contribution in [0.5, 0.6) is 0 Å². The summed E-state index contributed by atoms with van der Waals surface area (Å²) >= 11 is 0. The summed E-state index contributed by atoms with van der Waals surface area (Å²) in [6, 6.07) is 4.53. The van der Waals surface area contributed by atoms with Crippen LogP contribution in [0.25, 0.3) is 5.76 Å².